The van der Waals surface area contributed by atoms with Crippen molar-refractivity contribution in [3.8, 4) is 0 Å². The van der Waals surface area contributed by atoms with Gasteiger partial charge in [0, 0.05) is 12.3 Å². The lowest BCUT2D eigenvalue weighted by Gasteiger charge is -2.08. The number of carbonyl (C=O) groups excluding carboxylic acids is 1. The Morgan fingerprint density at radius 1 is 1.12 bits per heavy atom. The number of benzene rings is 1. The molecule has 0 aliphatic heterocycles. The van der Waals surface area contributed by atoms with Crippen LogP contribution >= 0.6 is 0 Å². The largest absolute Gasteiger partial charge is 0.299 e. The van der Waals surface area contributed by atoms with Crippen molar-refractivity contribution in [1.82, 2.24) is 0 Å². The second-order valence-corrected chi connectivity index (χ2v) is 4.79. The van der Waals surface area contributed by atoms with Gasteiger partial charge >= 0.3 is 0 Å². The number of hydrogen-bond acceptors (Lipinski definition) is 1. The van der Waals surface area contributed by atoms with Crippen molar-refractivity contribution < 1.29 is 4.79 Å². The molecule has 1 aliphatic rings. The Morgan fingerprint density at radius 2 is 1.69 bits per heavy atom. The first-order valence-electron chi connectivity index (χ1n) is 6.40. The van der Waals surface area contributed by atoms with E-state index in [-0.39, 0.29) is 0 Å². The molecule has 0 amide bonds. The zero-order chi connectivity index (χ0) is 11.4. The van der Waals surface area contributed by atoms with Gasteiger partial charge in [0.2, 0.25) is 0 Å². The Bertz CT molecular complexity index is 344. The fourth-order valence-electron chi connectivity index (χ4n) is 2.49. The van der Waals surface area contributed by atoms with E-state index in [1.54, 1.807) is 0 Å². The van der Waals surface area contributed by atoms with E-state index in [4.69, 9.17) is 0 Å². The van der Waals surface area contributed by atoms with Gasteiger partial charge in [-0.25, -0.2) is 0 Å². The van der Waals surface area contributed by atoms with Gasteiger partial charge < -0.3 is 0 Å². The molecule has 1 fully saturated rings. The van der Waals surface area contributed by atoms with Crippen molar-refractivity contribution in [2.24, 2.45) is 5.92 Å². The standard InChI is InChI=1S/C15H20O/c1-2-12-7-9-13(10-8-12)11-15(16)14-5-3-4-6-14/h7-10,14H,2-6,11H2,1H3. The smallest absolute Gasteiger partial charge is 0.140 e. The van der Waals surface area contributed by atoms with Crippen LogP contribution in [-0.2, 0) is 17.6 Å². The van der Waals surface area contributed by atoms with Crippen LogP contribution in [0.15, 0.2) is 24.3 Å². The predicted octanol–water partition coefficient (Wildman–Crippen LogP) is 3.55. The maximum atomic E-state index is 12.0. The molecule has 1 heteroatoms. The molecule has 0 N–H and O–H groups in total. The molecular weight excluding hydrogens is 196 g/mol. The molecule has 2 rings (SSSR count). The van der Waals surface area contributed by atoms with Crippen LogP contribution in [0.2, 0.25) is 0 Å². The summed E-state index contributed by atoms with van der Waals surface area (Å²) < 4.78 is 0. The zero-order valence-electron chi connectivity index (χ0n) is 10.0. The Hall–Kier alpha value is -1.11. The number of ketones is 1. The topological polar surface area (TPSA) is 17.1 Å². The van der Waals surface area contributed by atoms with E-state index >= 15 is 0 Å². The number of rotatable bonds is 4. The van der Waals surface area contributed by atoms with Crippen molar-refractivity contribution in [2.75, 3.05) is 0 Å². The Balaban J connectivity index is 1.94. The summed E-state index contributed by atoms with van der Waals surface area (Å²) in [6, 6.07) is 8.48. The van der Waals surface area contributed by atoms with Gasteiger partial charge in [-0.3, -0.25) is 4.79 Å². The highest BCUT2D eigenvalue weighted by molar-refractivity contribution is 5.83. The van der Waals surface area contributed by atoms with Crippen molar-refractivity contribution in [3.63, 3.8) is 0 Å². The molecule has 0 radical (unpaired) electrons. The van der Waals surface area contributed by atoms with E-state index in [0.717, 1.165) is 19.3 Å². The summed E-state index contributed by atoms with van der Waals surface area (Å²) in [6.45, 7) is 2.15. The normalized spacial score (nSPS) is 16.6. The van der Waals surface area contributed by atoms with Crippen LogP contribution in [-0.4, -0.2) is 5.78 Å². The minimum Gasteiger partial charge on any atom is -0.299 e. The minimum absolute atomic E-state index is 0.353. The second kappa shape index (κ2) is 5.29. The fourth-order valence-corrected chi connectivity index (χ4v) is 2.49. The monoisotopic (exact) mass is 216 g/mol. The van der Waals surface area contributed by atoms with E-state index in [0.29, 0.717) is 18.1 Å². The molecule has 0 bridgehead atoms. The summed E-state index contributed by atoms with van der Waals surface area (Å²) in [5.41, 5.74) is 2.52. The van der Waals surface area contributed by atoms with Crippen LogP contribution in [0.4, 0.5) is 0 Å². The lowest BCUT2D eigenvalue weighted by atomic mass is 9.96. The van der Waals surface area contributed by atoms with E-state index in [9.17, 15) is 4.79 Å². The van der Waals surface area contributed by atoms with Gasteiger partial charge in [-0.1, -0.05) is 44.0 Å². The Kier molecular flexibility index (Phi) is 3.76. The SMILES string of the molecule is CCc1ccc(CC(=O)C2CCCC2)cc1. The third kappa shape index (κ3) is 2.72. The van der Waals surface area contributed by atoms with Gasteiger partial charge in [0.1, 0.15) is 5.78 Å². The van der Waals surface area contributed by atoms with Crippen LogP contribution < -0.4 is 0 Å². The molecule has 1 aliphatic carbocycles. The molecule has 16 heavy (non-hydrogen) atoms. The second-order valence-electron chi connectivity index (χ2n) is 4.79. The molecule has 0 heterocycles. The summed E-state index contributed by atoms with van der Waals surface area (Å²) >= 11 is 0. The first-order valence-corrected chi connectivity index (χ1v) is 6.40. The van der Waals surface area contributed by atoms with E-state index in [1.165, 1.54) is 24.0 Å². The quantitative estimate of drug-likeness (QED) is 0.752. The molecule has 1 nitrogen and oxygen atoms in total. The summed E-state index contributed by atoms with van der Waals surface area (Å²) in [5.74, 6) is 0.799. The van der Waals surface area contributed by atoms with Crippen LogP contribution in [0.1, 0.15) is 43.7 Å². The van der Waals surface area contributed by atoms with E-state index in [1.807, 2.05) is 0 Å². The van der Waals surface area contributed by atoms with Gasteiger partial charge in [-0.2, -0.15) is 0 Å². The Morgan fingerprint density at radius 3 is 2.25 bits per heavy atom. The van der Waals surface area contributed by atoms with Gasteiger partial charge in [-0.05, 0) is 30.4 Å². The predicted molar refractivity (Wildman–Crippen MR) is 66.5 cm³/mol. The average Bonchev–Trinajstić information content (AvgIpc) is 2.83. The van der Waals surface area contributed by atoms with Gasteiger partial charge in [0.25, 0.3) is 0 Å². The lowest BCUT2D eigenvalue weighted by Crippen LogP contribution is -2.13. The maximum Gasteiger partial charge on any atom is 0.140 e. The molecule has 0 saturated heterocycles. The molecule has 0 spiro atoms. The summed E-state index contributed by atoms with van der Waals surface area (Å²) in [7, 11) is 0. The van der Waals surface area contributed by atoms with Crippen LogP contribution in [0.3, 0.4) is 0 Å². The number of aryl methyl sites for hydroxylation is 1. The molecule has 1 saturated carbocycles. The summed E-state index contributed by atoms with van der Waals surface area (Å²) in [4.78, 5) is 12.0. The van der Waals surface area contributed by atoms with Crippen molar-refractivity contribution in [1.29, 1.82) is 0 Å². The lowest BCUT2D eigenvalue weighted by molar-refractivity contribution is -0.122. The van der Waals surface area contributed by atoms with Crippen LogP contribution in [0.5, 0.6) is 0 Å². The fraction of sp³-hybridized carbons (Fsp3) is 0.533. The molecule has 1 aromatic rings. The molecule has 1 aromatic carbocycles. The third-order valence-electron chi connectivity index (χ3n) is 3.62. The third-order valence-corrected chi connectivity index (χ3v) is 3.62. The summed E-state index contributed by atoms with van der Waals surface area (Å²) in [6.07, 6.45) is 6.42. The number of hydrogen-bond donors (Lipinski definition) is 0. The van der Waals surface area contributed by atoms with E-state index in [2.05, 4.69) is 31.2 Å². The van der Waals surface area contributed by atoms with Crippen molar-refractivity contribution in [3.05, 3.63) is 35.4 Å². The van der Waals surface area contributed by atoms with Crippen molar-refractivity contribution >= 4 is 5.78 Å². The van der Waals surface area contributed by atoms with E-state index < -0.39 is 0 Å². The number of carbonyl (C=O) groups is 1. The highest BCUT2D eigenvalue weighted by Crippen LogP contribution is 2.26. The zero-order valence-corrected chi connectivity index (χ0v) is 10.0. The van der Waals surface area contributed by atoms with Gasteiger partial charge in [0.05, 0.1) is 0 Å². The van der Waals surface area contributed by atoms with Gasteiger partial charge in [0.15, 0.2) is 0 Å². The highest BCUT2D eigenvalue weighted by atomic mass is 16.1. The van der Waals surface area contributed by atoms with Crippen LogP contribution in [0.25, 0.3) is 0 Å². The molecule has 0 aromatic heterocycles. The first-order chi connectivity index (χ1) is 7.79. The molecular formula is C15H20O. The van der Waals surface area contributed by atoms with Crippen molar-refractivity contribution in [2.45, 2.75) is 45.4 Å². The Labute approximate surface area is 97.9 Å². The minimum atomic E-state index is 0.353. The number of Topliss-reactive ketones (excluding diaryl/α,β-unsaturated/α-hetero) is 1. The molecule has 86 valence electrons. The van der Waals surface area contributed by atoms with Gasteiger partial charge in [-0.15, -0.1) is 0 Å². The maximum absolute atomic E-state index is 12.0. The first kappa shape index (κ1) is 11.4. The molecule has 0 atom stereocenters. The summed E-state index contributed by atoms with van der Waals surface area (Å²) in [5, 5.41) is 0. The van der Waals surface area contributed by atoms with Crippen LogP contribution in [0, 0.1) is 5.92 Å². The highest BCUT2D eigenvalue weighted by Gasteiger charge is 2.22. The average molecular weight is 216 g/mol. The molecule has 0 unspecified atom stereocenters.